The summed E-state index contributed by atoms with van der Waals surface area (Å²) < 4.78 is 15.2. The number of alkyl halides is 1. The molecule has 0 saturated carbocycles. The lowest BCUT2D eigenvalue weighted by atomic mass is 10.2. The normalized spacial score (nSPS) is 11.0. The van der Waals surface area contributed by atoms with Gasteiger partial charge in [0.1, 0.15) is 5.82 Å². The van der Waals surface area contributed by atoms with Crippen molar-refractivity contribution in [3.8, 4) is 0 Å². The molecule has 0 atom stereocenters. The summed E-state index contributed by atoms with van der Waals surface area (Å²) in [5, 5.41) is 2.98. The van der Waals surface area contributed by atoms with Crippen molar-refractivity contribution < 1.29 is 4.39 Å². The molecule has 0 saturated heterocycles. The summed E-state index contributed by atoms with van der Waals surface area (Å²) in [6.07, 6.45) is 0. The molecular weight excluding hydrogens is 319 g/mol. The second kappa shape index (κ2) is 3.67. The molecule has 0 spiro atoms. The molecule has 0 aliphatic heterocycles. The largest absolute Gasteiger partial charge is 0.205 e. The molecule has 0 aliphatic carbocycles. The van der Waals surface area contributed by atoms with Gasteiger partial charge in [-0.2, -0.15) is 0 Å². The fourth-order valence-electron chi connectivity index (χ4n) is 1.17. The van der Waals surface area contributed by atoms with Gasteiger partial charge in [-0.1, -0.05) is 31.9 Å². The fourth-order valence-corrected chi connectivity index (χ4v) is 3.47. The molecule has 1 aromatic heterocycles. The van der Waals surface area contributed by atoms with Gasteiger partial charge in [-0.05, 0) is 17.7 Å². The highest BCUT2D eigenvalue weighted by atomic mass is 79.9. The second-order valence-corrected chi connectivity index (χ2v) is 4.98. The number of fused-ring (bicyclic) bond motifs is 1. The Morgan fingerprint density at radius 1 is 1.38 bits per heavy atom. The van der Waals surface area contributed by atoms with Crippen LogP contribution in [0.5, 0.6) is 0 Å². The standard InChI is InChI=1S/C9H5Br2FS/c10-3-5-1-6-8(12)4-13-9(6)2-7(5)11/h1-2,4H,3H2. The van der Waals surface area contributed by atoms with Crippen LogP contribution >= 0.6 is 43.2 Å². The van der Waals surface area contributed by atoms with Crippen LogP contribution in [0.25, 0.3) is 10.1 Å². The maximum atomic E-state index is 13.2. The highest BCUT2D eigenvalue weighted by Gasteiger charge is 2.07. The summed E-state index contributed by atoms with van der Waals surface area (Å²) in [6, 6.07) is 3.83. The zero-order valence-corrected chi connectivity index (χ0v) is 10.5. The first-order valence-electron chi connectivity index (χ1n) is 3.63. The van der Waals surface area contributed by atoms with Crippen LogP contribution in [0.3, 0.4) is 0 Å². The monoisotopic (exact) mass is 322 g/mol. The molecule has 1 aromatic carbocycles. The van der Waals surface area contributed by atoms with Crippen LogP contribution in [-0.4, -0.2) is 0 Å². The van der Waals surface area contributed by atoms with E-state index in [1.54, 1.807) is 0 Å². The summed E-state index contributed by atoms with van der Waals surface area (Å²) in [5.41, 5.74) is 1.07. The smallest absolute Gasteiger partial charge is 0.141 e. The first-order chi connectivity index (χ1) is 6.22. The molecule has 0 N–H and O–H groups in total. The molecular formula is C9H5Br2FS. The Morgan fingerprint density at radius 3 is 2.85 bits per heavy atom. The molecule has 0 nitrogen and oxygen atoms in total. The van der Waals surface area contributed by atoms with Crippen molar-refractivity contribution in [1.82, 2.24) is 0 Å². The van der Waals surface area contributed by atoms with E-state index < -0.39 is 0 Å². The van der Waals surface area contributed by atoms with Gasteiger partial charge in [0, 0.05) is 25.3 Å². The van der Waals surface area contributed by atoms with Gasteiger partial charge in [0.2, 0.25) is 0 Å². The molecule has 0 radical (unpaired) electrons. The van der Waals surface area contributed by atoms with E-state index in [2.05, 4.69) is 31.9 Å². The predicted molar refractivity (Wildman–Crippen MR) is 62.1 cm³/mol. The molecule has 1 heterocycles. The zero-order valence-electron chi connectivity index (χ0n) is 6.48. The average Bonchev–Trinajstić information content (AvgIpc) is 2.46. The Hall–Kier alpha value is 0.0700. The van der Waals surface area contributed by atoms with Gasteiger partial charge < -0.3 is 0 Å². The van der Waals surface area contributed by atoms with Crippen molar-refractivity contribution in [2.45, 2.75) is 5.33 Å². The Labute approximate surface area is 96.0 Å². The summed E-state index contributed by atoms with van der Waals surface area (Å²) >= 11 is 8.23. The van der Waals surface area contributed by atoms with Crippen LogP contribution in [0.15, 0.2) is 22.0 Å². The lowest BCUT2D eigenvalue weighted by Gasteiger charge is -1.99. The van der Waals surface area contributed by atoms with Gasteiger partial charge >= 0.3 is 0 Å². The lowest BCUT2D eigenvalue weighted by molar-refractivity contribution is 0.644. The van der Waals surface area contributed by atoms with Gasteiger partial charge in [0.25, 0.3) is 0 Å². The van der Waals surface area contributed by atoms with E-state index in [1.807, 2.05) is 12.1 Å². The molecule has 0 aliphatic rings. The first kappa shape index (κ1) is 9.62. The van der Waals surface area contributed by atoms with Gasteiger partial charge in [0.05, 0.1) is 0 Å². The average molecular weight is 324 g/mol. The topological polar surface area (TPSA) is 0 Å². The molecule has 0 fully saturated rings. The van der Waals surface area contributed by atoms with Gasteiger partial charge in [-0.15, -0.1) is 11.3 Å². The first-order valence-corrected chi connectivity index (χ1v) is 6.43. The van der Waals surface area contributed by atoms with Gasteiger partial charge in [0.15, 0.2) is 0 Å². The van der Waals surface area contributed by atoms with E-state index >= 15 is 0 Å². The van der Waals surface area contributed by atoms with E-state index in [0.717, 1.165) is 20.1 Å². The molecule has 68 valence electrons. The quantitative estimate of drug-likeness (QED) is 0.667. The molecule has 2 aromatic rings. The Balaban J connectivity index is 2.77. The fraction of sp³-hybridized carbons (Fsp3) is 0.111. The summed E-state index contributed by atoms with van der Waals surface area (Å²) in [4.78, 5) is 0. The van der Waals surface area contributed by atoms with Crippen LogP contribution < -0.4 is 0 Å². The SMILES string of the molecule is Fc1csc2cc(Br)c(CBr)cc12. The lowest BCUT2D eigenvalue weighted by Crippen LogP contribution is -1.80. The van der Waals surface area contributed by atoms with E-state index in [1.165, 1.54) is 16.7 Å². The van der Waals surface area contributed by atoms with E-state index in [4.69, 9.17) is 0 Å². The van der Waals surface area contributed by atoms with Crippen LogP contribution in [0.4, 0.5) is 4.39 Å². The van der Waals surface area contributed by atoms with Crippen LogP contribution in [-0.2, 0) is 5.33 Å². The van der Waals surface area contributed by atoms with Crippen molar-refractivity contribution in [2.75, 3.05) is 0 Å². The van der Waals surface area contributed by atoms with Crippen molar-refractivity contribution >= 4 is 53.3 Å². The van der Waals surface area contributed by atoms with Gasteiger partial charge in [-0.3, -0.25) is 0 Å². The van der Waals surface area contributed by atoms with Crippen LogP contribution in [0.2, 0.25) is 0 Å². The van der Waals surface area contributed by atoms with Crippen molar-refractivity contribution in [3.05, 3.63) is 33.4 Å². The zero-order chi connectivity index (χ0) is 9.42. The molecule has 4 heteroatoms. The highest BCUT2D eigenvalue weighted by Crippen LogP contribution is 2.31. The second-order valence-electron chi connectivity index (χ2n) is 2.66. The van der Waals surface area contributed by atoms with Crippen LogP contribution in [0, 0.1) is 5.82 Å². The molecule has 0 bridgehead atoms. The third kappa shape index (κ3) is 1.67. The Kier molecular flexibility index (Phi) is 2.72. The van der Waals surface area contributed by atoms with E-state index in [0.29, 0.717) is 5.39 Å². The van der Waals surface area contributed by atoms with E-state index in [-0.39, 0.29) is 5.82 Å². The third-order valence-electron chi connectivity index (χ3n) is 1.84. The molecule has 0 amide bonds. The van der Waals surface area contributed by atoms with Crippen molar-refractivity contribution in [2.24, 2.45) is 0 Å². The Morgan fingerprint density at radius 2 is 2.15 bits per heavy atom. The number of thiophene rings is 1. The Bertz CT molecular complexity index is 450. The van der Waals surface area contributed by atoms with Crippen molar-refractivity contribution in [3.63, 3.8) is 0 Å². The highest BCUT2D eigenvalue weighted by molar-refractivity contribution is 9.10. The number of hydrogen-bond acceptors (Lipinski definition) is 1. The van der Waals surface area contributed by atoms with E-state index in [9.17, 15) is 4.39 Å². The van der Waals surface area contributed by atoms with Crippen molar-refractivity contribution in [1.29, 1.82) is 0 Å². The molecule has 13 heavy (non-hydrogen) atoms. The maximum Gasteiger partial charge on any atom is 0.141 e. The van der Waals surface area contributed by atoms with Crippen LogP contribution in [0.1, 0.15) is 5.56 Å². The predicted octanol–water partition coefficient (Wildman–Crippen LogP) is 4.70. The minimum atomic E-state index is -0.130. The molecule has 2 rings (SSSR count). The minimum absolute atomic E-state index is 0.130. The number of benzene rings is 1. The minimum Gasteiger partial charge on any atom is -0.205 e. The van der Waals surface area contributed by atoms with Gasteiger partial charge in [-0.25, -0.2) is 4.39 Å². The number of halogens is 3. The maximum absolute atomic E-state index is 13.2. The summed E-state index contributed by atoms with van der Waals surface area (Å²) in [7, 11) is 0. The number of rotatable bonds is 1. The summed E-state index contributed by atoms with van der Waals surface area (Å²) in [6.45, 7) is 0. The third-order valence-corrected chi connectivity index (χ3v) is 4.10. The molecule has 0 unspecified atom stereocenters. The summed E-state index contributed by atoms with van der Waals surface area (Å²) in [5.74, 6) is -0.130. The number of hydrogen-bond donors (Lipinski definition) is 0.